The number of rotatable bonds is 3. The molecule has 1 amide bonds. The molecular weight excluding hydrogens is 351 g/mol. The van der Waals surface area contributed by atoms with E-state index in [1.807, 2.05) is 27.0 Å². The van der Waals surface area contributed by atoms with Crippen molar-refractivity contribution >= 4 is 17.3 Å². The van der Waals surface area contributed by atoms with Crippen LogP contribution in [0, 0.1) is 25.1 Å². The van der Waals surface area contributed by atoms with Gasteiger partial charge in [-0.15, -0.1) is 0 Å². The summed E-state index contributed by atoms with van der Waals surface area (Å²) in [6.07, 6.45) is 2.29. The highest BCUT2D eigenvalue weighted by Gasteiger charge is 2.28. The van der Waals surface area contributed by atoms with E-state index in [9.17, 15) is 9.18 Å². The van der Waals surface area contributed by atoms with Crippen LogP contribution in [0.15, 0.2) is 30.3 Å². The number of benzene rings is 2. The molecule has 0 fully saturated rings. The van der Waals surface area contributed by atoms with Crippen molar-refractivity contribution in [2.24, 2.45) is 5.41 Å². The van der Waals surface area contributed by atoms with Gasteiger partial charge in [0.25, 0.3) is 0 Å². The molecule has 1 heterocycles. The molecule has 0 bridgehead atoms. The third-order valence-electron chi connectivity index (χ3n) is 5.47. The maximum atomic E-state index is 14.4. The number of halogens is 1. The molecule has 0 aliphatic carbocycles. The summed E-state index contributed by atoms with van der Waals surface area (Å²) < 4.78 is 14.4. The minimum atomic E-state index is -0.163. The second-order valence-corrected chi connectivity index (χ2v) is 9.23. The van der Waals surface area contributed by atoms with Crippen LogP contribution in [-0.2, 0) is 11.2 Å². The number of nitrogens with zero attached hydrogens (tertiary/aromatic N) is 1. The lowest BCUT2D eigenvalue weighted by Crippen LogP contribution is -2.30. The number of para-hydroxylation sites is 1. The molecule has 4 heteroatoms. The van der Waals surface area contributed by atoms with Crippen molar-refractivity contribution in [1.29, 1.82) is 0 Å². The summed E-state index contributed by atoms with van der Waals surface area (Å²) in [4.78, 5) is 14.4. The number of aryl methyl sites for hydroxylation is 3. The molecule has 2 aromatic carbocycles. The van der Waals surface area contributed by atoms with Crippen LogP contribution in [0.4, 0.5) is 15.8 Å². The molecule has 28 heavy (non-hydrogen) atoms. The topological polar surface area (TPSA) is 32.3 Å². The van der Waals surface area contributed by atoms with E-state index < -0.39 is 0 Å². The van der Waals surface area contributed by atoms with Crippen molar-refractivity contribution in [2.45, 2.75) is 59.9 Å². The standard InChI is InChI=1S/C24H31FN2O/c1-15-12-18(13-16(2)22(15)26-21(28)14-24(3,4)5)20-11-10-17-8-7-9-19(25)23(17)27(20)6/h7-9,12-13,20H,10-11,14H2,1-6H3,(H,26,28). The zero-order valence-electron chi connectivity index (χ0n) is 17.8. The number of fused-ring (bicyclic) bond motifs is 1. The highest BCUT2D eigenvalue weighted by Crippen LogP contribution is 2.40. The van der Waals surface area contributed by atoms with Crippen molar-refractivity contribution in [3.05, 3.63) is 58.4 Å². The van der Waals surface area contributed by atoms with E-state index in [0.29, 0.717) is 12.1 Å². The Morgan fingerprint density at radius 3 is 2.46 bits per heavy atom. The maximum Gasteiger partial charge on any atom is 0.224 e. The minimum Gasteiger partial charge on any atom is -0.365 e. The summed E-state index contributed by atoms with van der Waals surface area (Å²) in [5, 5.41) is 3.09. The van der Waals surface area contributed by atoms with E-state index >= 15 is 0 Å². The van der Waals surface area contributed by atoms with Crippen molar-refractivity contribution in [1.82, 2.24) is 0 Å². The number of hydrogen-bond acceptors (Lipinski definition) is 2. The van der Waals surface area contributed by atoms with Gasteiger partial charge in [0.15, 0.2) is 0 Å². The Hall–Kier alpha value is -2.36. The van der Waals surface area contributed by atoms with Crippen LogP contribution in [0.2, 0.25) is 0 Å². The van der Waals surface area contributed by atoms with Crippen LogP contribution < -0.4 is 10.2 Å². The SMILES string of the molecule is Cc1cc(C2CCc3cccc(F)c3N2C)cc(C)c1NC(=O)CC(C)(C)C. The van der Waals surface area contributed by atoms with Gasteiger partial charge in [-0.2, -0.15) is 0 Å². The molecule has 0 spiro atoms. The van der Waals surface area contributed by atoms with Gasteiger partial charge in [-0.1, -0.05) is 45.0 Å². The molecule has 1 unspecified atom stereocenters. The summed E-state index contributed by atoms with van der Waals surface area (Å²) in [7, 11) is 1.97. The Balaban J connectivity index is 1.87. The Labute approximate surface area is 167 Å². The minimum absolute atomic E-state index is 0.0391. The fourth-order valence-electron chi connectivity index (χ4n) is 4.24. The lowest BCUT2D eigenvalue weighted by atomic mass is 9.89. The van der Waals surface area contributed by atoms with Crippen LogP contribution in [0.3, 0.4) is 0 Å². The van der Waals surface area contributed by atoms with Gasteiger partial charge in [0, 0.05) is 19.2 Å². The molecule has 0 aromatic heterocycles. The van der Waals surface area contributed by atoms with Gasteiger partial charge in [0.2, 0.25) is 5.91 Å². The van der Waals surface area contributed by atoms with Crippen molar-refractivity contribution in [3.8, 4) is 0 Å². The average molecular weight is 383 g/mol. The lowest BCUT2D eigenvalue weighted by Gasteiger charge is -2.37. The van der Waals surface area contributed by atoms with Gasteiger partial charge >= 0.3 is 0 Å². The molecule has 0 saturated heterocycles. The first kappa shape index (κ1) is 20.4. The zero-order valence-corrected chi connectivity index (χ0v) is 17.8. The van der Waals surface area contributed by atoms with Gasteiger partial charge in [-0.3, -0.25) is 4.79 Å². The van der Waals surface area contributed by atoms with E-state index in [1.165, 1.54) is 11.6 Å². The molecule has 2 aromatic rings. The van der Waals surface area contributed by atoms with Gasteiger partial charge in [0.1, 0.15) is 5.82 Å². The number of amides is 1. The number of carbonyl (C=O) groups is 1. The number of nitrogens with one attached hydrogen (secondary N) is 1. The second kappa shape index (κ2) is 7.57. The van der Waals surface area contributed by atoms with E-state index in [0.717, 1.165) is 35.2 Å². The summed E-state index contributed by atoms with van der Waals surface area (Å²) >= 11 is 0. The Morgan fingerprint density at radius 2 is 1.86 bits per heavy atom. The highest BCUT2D eigenvalue weighted by atomic mass is 19.1. The molecular formula is C24H31FN2O. The van der Waals surface area contributed by atoms with Crippen molar-refractivity contribution in [3.63, 3.8) is 0 Å². The summed E-state index contributed by atoms with van der Waals surface area (Å²) in [6, 6.07) is 9.71. The molecule has 1 atom stereocenters. The third-order valence-corrected chi connectivity index (χ3v) is 5.47. The van der Waals surface area contributed by atoms with Crippen LogP contribution in [0.25, 0.3) is 0 Å². The van der Waals surface area contributed by atoms with E-state index in [4.69, 9.17) is 0 Å². The van der Waals surface area contributed by atoms with E-state index in [-0.39, 0.29) is 23.2 Å². The fourth-order valence-corrected chi connectivity index (χ4v) is 4.24. The van der Waals surface area contributed by atoms with Gasteiger partial charge < -0.3 is 10.2 Å². The van der Waals surface area contributed by atoms with Crippen molar-refractivity contribution in [2.75, 3.05) is 17.3 Å². The van der Waals surface area contributed by atoms with Crippen LogP contribution in [-0.4, -0.2) is 13.0 Å². The summed E-state index contributed by atoms with van der Waals surface area (Å²) in [5.74, 6) is -0.124. The summed E-state index contributed by atoms with van der Waals surface area (Å²) in [6.45, 7) is 10.2. The van der Waals surface area contributed by atoms with Crippen LogP contribution >= 0.6 is 0 Å². The Morgan fingerprint density at radius 1 is 1.21 bits per heavy atom. The molecule has 150 valence electrons. The molecule has 1 N–H and O–H groups in total. The average Bonchev–Trinajstić information content (AvgIpc) is 2.56. The Bertz CT molecular complexity index is 875. The molecule has 3 rings (SSSR count). The van der Waals surface area contributed by atoms with Crippen molar-refractivity contribution < 1.29 is 9.18 Å². The molecule has 1 aliphatic rings. The monoisotopic (exact) mass is 382 g/mol. The normalized spacial score (nSPS) is 16.7. The Kier molecular flexibility index (Phi) is 5.51. The third kappa shape index (κ3) is 4.21. The van der Waals surface area contributed by atoms with Gasteiger partial charge in [0.05, 0.1) is 11.7 Å². The smallest absolute Gasteiger partial charge is 0.224 e. The first-order valence-electron chi connectivity index (χ1n) is 9.98. The molecule has 3 nitrogen and oxygen atoms in total. The highest BCUT2D eigenvalue weighted by molar-refractivity contribution is 5.92. The predicted octanol–water partition coefficient (Wildman–Crippen LogP) is 5.94. The van der Waals surface area contributed by atoms with Crippen LogP contribution in [0.1, 0.15) is 61.9 Å². The van der Waals surface area contributed by atoms with Gasteiger partial charge in [-0.25, -0.2) is 4.39 Å². The van der Waals surface area contributed by atoms with E-state index in [2.05, 4.69) is 43.1 Å². The van der Waals surface area contributed by atoms with Crippen LogP contribution in [0.5, 0.6) is 0 Å². The largest absolute Gasteiger partial charge is 0.365 e. The quantitative estimate of drug-likeness (QED) is 0.712. The molecule has 0 radical (unpaired) electrons. The zero-order chi connectivity index (χ0) is 20.6. The second-order valence-electron chi connectivity index (χ2n) is 9.23. The maximum absolute atomic E-state index is 14.4. The summed E-state index contributed by atoms with van der Waals surface area (Å²) in [5.41, 5.74) is 5.88. The fraction of sp³-hybridized carbons (Fsp3) is 0.458. The number of carbonyl (C=O) groups excluding carboxylic acids is 1. The number of hydrogen-bond donors (Lipinski definition) is 1. The molecule has 1 aliphatic heterocycles. The first-order chi connectivity index (χ1) is 13.1. The van der Waals surface area contributed by atoms with E-state index in [1.54, 1.807) is 6.07 Å². The predicted molar refractivity (Wildman–Crippen MR) is 114 cm³/mol. The van der Waals surface area contributed by atoms with Gasteiger partial charge in [-0.05, 0) is 60.4 Å². The lowest BCUT2D eigenvalue weighted by molar-refractivity contribution is -0.117. The first-order valence-corrected chi connectivity index (χ1v) is 9.98. The number of anilines is 2. The molecule has 0 saturated carbocycles.